The van der Waals surface area contributed by atoms with Gasteiger partial charge in [0.25, 0.3) is 0 Å². The lowest BCUT2D eigenvalue weighted by Gasteiger charge is -2.17. The molecule has 2 rings (SSSR count). The predicted molar refractivity (Wildman–Crippen MR) is 91.8 cm³/mol. The Hall–Kier alpha value is -3.36. The summed E-state index contributed by atoms with van der Waals surface area (Å²) in [4.78, 5) is 40.1. The summed E-state index contributed by atoms with van der Waals surface area (Å²) < 4.78 is 20.1. The molecule has 1 N–H and O–H groups in total. The number of aromatic nitrogens is 1. The molecule has 9 nitrogen and oxygen atoms in total. The van der Waals surface area contributed by atoms with Gasteiger partial charge in [-0.25, -0.2) is 14.6 Å². The first-order valence-electron chi connectivity index (χ1n) is 7.41. The zero-order valence-corrected chi connectivity index (χ0v) is 15.0. The van der Waals surface area contributed by atoms with E-state index in [1.54, 1.807) is 0 Å². The van der Waals surface area contributed by atoms with E-state index in [-0.39, 0.29) is 45.3 Å². The number of esters is 2. The highest BCUT2D eigenvalue weighted by Crippen LogP contribution is 2.41. The average Bonchev–Trinajstić information content (AvgIpc) is 2.64. The lowest BCUT2D eigenvalue weighted by Crippen LogP contribution is -2.13. The van der Waals surface area contributed by atoms with Crippen LogP contribution in [-0.4, -0.2) is 51.3 Å². The fourth-order valence-corrected chi connectivity index (χ4v) is 2.48. The summed E-state index contributed by atoms with van der Waals surface area (Å²) in [7, 11) is 5.19. The van der Waals surface area contributed by atoms with Crippen LogP contribution in [-0.2, 0) is 14.3 Å². The van der Waals surface area contributed by atoms with Crippen molar-refractivity contribution in [1.29, 1.82) is 0 Å². The smallest absolute Gasteiger partial charge is 0.356 e. The monoisotopic (exact) mass is 362 g/mol. The van der Waals surface area contributed by atoms with Crippen molar-refractivity contribution in [2.24, 2.45) is 0 Å². The number of ether oxygens (including phenoxy) is 4. The first-order chi connectivity index (χ1) is 12.4. The van der Waals surface area contributed by atoms with Crippen LogP contribution in [0, 0.1) is 0 Å². The van der Waals surface area contributed by atoms with Crippen LogP contribution in [0.15, 0.2) is 12.1 Å². The summed E-state index contributed by atoms with van der Waals surface area (Å²) in [5.74, 6) is -1.39. The van der Waals surface area contributed by atoms with Gasteiger partial charge in [-0.3, -0.25) is 4.79 Å². The second-order valence-corrected chi connectivity index (χ2v) is 5.10. The van der Waals surface area contributed by atoms with Crippen LogP contribution in [0.3, 0.4) is 0 Å². The van der Waals surface area contributed by atoms with Crippen molar-refractivity contribution >= 4 is 34.4 Å². The highest BCUT2D eigenvalue weighted by atomic mass is 16.5. The summed E-state index contributed by atoms with van der Waals surface area (Å²) >= 11 is 0. The molecule has 0 saturated carbocycles. The first kappa shape index (κ1) is 19.0. The Morgan fingerprint density at radius 1 is 0.962 bits per heavy atom. The third-order valence-electron chi connectivity index (χ3n) is 3.54. The first-order valence-corrected chi connectivity index (χ1v) is 7.41. The third-order valence-corrected chi connectivity index (χ3v) is 3.54. The minimum absolute atomic E-state index is 0.0163. The maximum atomic E-state index is 12.3. The lowest BCUT2D eigenvalue weighted by atomic mass is 10.0. The van der Waals surface area contributed by atoms with E-state index in [4.69, 9.17) is 14.2 Å². The van der Waals surface area contributed by atoms with Gasteiger partial charge in [-0.2, -0.15) is 0 Å². The molecule has 0 radical (unpaired) electrons. The number of nitrogens with one attached hydrogen (secondary N) is 1. The molecule has 0 unspecified atom stereocenters. The molecule has 1 heterocycles. The molecule has 0 fully saturated rings. The topological polar surface area (TPSA) is 113 Å². The van der Waals surface area contributed by atoms with Crippen molar-refractivity contribution in [3.05, 3.63) is 23.4 Å². The molecule has 0 spiro atoms. The van der Waals surface area contributed by atoms with E-state index in [0.717, 1.165) is 0 Å². The number of nitrogens with zero attached hydrogens (tertiary/aromatic N) is 1. The Kier molecular flexibility index (Phi) is 5.61. The van der Waals surface area contributed by atoms with Crippen molar-refractivity contribution in [1.82, 2.24) is 4.98 Å². The van der Waals surface area contributed by atoms with Gasteiger partial charge < -0.3 is 24.3 Å². The van der Waals surface area contributed by atoms with Crippen LogP contribution in [0.4, 0.5) is 5.69 Å². The van der Waals surface area contributed by atoms with E-state index in [1.807, 2.05) is 0 Å². The average molecular weight is 362 g/mol. The van der Waals surface area contributed by atoms with E-state index in [2.05, 4.69) is 15.0 Å². The van der Waals surface area contributed by atoms with Crippen LogP contribution in [0.2, 0.25) is 0 Å². The molecule has 2 aromatic rings. The van der Waals surface area contributed by atoms with Crippen LogP contribution < -0.4 is 14.8 Å². The molecule has 0 aliphatic carbocycles. The predicted octanol–water partition coefficient (Wildman–Crippen LogP) is 1.78. The second-order valence-electron chi connectivity index (χ2n) is 5.10. The summed E-state index contributed by atoms with van der Waals surface area (Å²) in [6.07, 6.45) is 0. The number of fused-ring (bicyclic) bond motifs is 1. The van der Waals surface area contributed by atoms with Gasteiger partial charge in [0.05, 0.1) is 39.7 Å². The van der Waals surface area contributed by atoms with E-state index in [1.165, 1.54) is 47.5 Å². The molecule has 1 amide bonds. The number of benzene rings is 1. The number of anilines is 1. The number of amides is 1. The van der Waals surface area contributed by atoms with Gasteiger partial charge in [-0.1, -0.05) is 0 Å². The molecule has 0 saturated heterocycles. The Balaban J connectivity index is 3.02. The Morgan fingerprint density at radius 2 is 1.62 bits per heavy atom. The van der Waals surface area contributed by atoms with E-state index in [0.29, 0.717) is 0 Å². The molecular formula is C17H18N2O7. The lowest BCUT2D eigenvalue weighted by molar-refractivity contribution is -0.114. The molecule has 0 atom stereocenters. The molecule has 26 heavy (non-hydrogen) atoms. The normalized spacial score (nSPS) is 10.2. The van der Waals surface area contributed by atoms with Gasteiger partial charge in [-0.15, -0.1) is 0 Å². The number of methoxy groups -OCH3 is 4. The minimum atomic E-state index is -0.747. The second kappa shape index (κ2) is 7.68. The van der Waals surface area contributed by atoms with Crippen molar-refractivity contribution < 1.29 is 33.3 Å². The third kappa shape index (κ3) is 3.37. The molecule has 1 aromatic carbocycles. The fourth-order valence-electron chi connectivity index (χ4n) is 2.48. The fraction of sp³-hybridized carbons (Fsp3) is 0.294. The number of pyridine rings is 1. The Morgan fingerprint density at radius 3 is 2.12 bits per heavy atom. The van der Waals surface area contributed by atoms with Crippen molar-refractivity contribution in [3.8, 4) is 11.5 Å². The number of carbonyl (C=O) groups is 3. The molecule has 1 aromatic heterocycles. The van der Waals surface area contributed by atoms with Crippen LogP contribution in [0.5, 0.6) is 11.5 Å². The van der Waals surface area contributed by atoms with Gasteiger partial charge in [-0.05, 0) is 6.07 Å². The highest BCUT2D eigenvalue weighted by molar-refractivity contribution is 6.14. The van der Waals surface area contributed by atoms with E-state index >= 15 is 0 Å². The maximum absolute atomic E-state index is 12.3. The van der Waals surface area contributed by atoms with Crippen molar-refractivity contribution in [3.63, 3.8) is 0 Å². The number of carbonyl (C=O) groups excluding carboxylic acids is 3. The summed E-state index contributed by atoms with van der Waals surface area (Å²) in [6, 6.07) is 2.73. The zero-order chi connectivity index (χ0) is 19.4. The van der Waals surface area contributed by atoms with Gasteiger partial charge in [0.15, 0.2) is 11.5 Å². The molecule has 0 aliphatic heterocycles. The maximum Gasteiger partial charge on any atom is 0.356 e. The molecule has 0 aliphatic rings. The number of rotatable bonds is 5. The van der Waals surface area contributed by atoms with Crippen molar-refractivity contribution in [2.75, 3.05) is 33.8 Å². The Labute approximate surface area is 149 Å². The zero-order valence-electron chi connectivity index (χ0n) is 15.0. The largest absolute Gasteiger partial charge is 0.493 e. The minimum Gasteiger partial charge on any atom is -0.493 e. The van der Waals surface area contributed by atoms with Gasteiger partial charge in [0, 0.05) is 18.4 Å². The molecule has 138 valence electrons. The molecule has 9 heteroatoms. The van der Waals surface area contributed by atoms with E-state index in [9.17, 15) is 14.4 Å². The van der Waals surface area contributed by atoms with Crippen LogP contribution in [0.1, 0.15) is 27.8 Å². The van der Waals surface area contributed by atoms with Gasteiger partial charge in [0.2, 0.25) is 5.91 Å². The van der Waals surface area contributed by atoms with Crippen molar-refractivity contribution in [2.45, 2.75) is 6.92 Å². The molecule has 0 bridgehead atoms. The van der Waals surface area contributed by atoms with Crippen LogP contribution in [0.25, 0.3) is 10.9 Å². The summed E-state index contributed by atoms with van der Waals surface area (Å²) in [5.41, 5.74) is 0.289. The highest BCUT2D eigenvalue weighted by Gasteiger charge is 2.25. The quantitative estimate of drug-likeness (QED) is 0.801. The Bertz CT molecular complexity index is 893. The number of hydrogen-bond donors (Lipinski definition) is 1. The number of hydrogen-bond acceptors (Lipinski definition) is 8. The van der Waals surface area contributed by atoms with Crippen LogP contribution >= 0.6 is 0 Å². The van der Waals surface area contributed by atoms with Gasteiger partial charge in [0.1, 0.15) is 11.2 Å². The van der Waals surface area contributed by atoms with Gasteiger partial charge >= 0.3 is 11.9 Å². The summed E-state index contributed by atoms with van der Waals surface area (Å²) in [5, 5.41) is 2.86. The SMILES string of the molecule is COC(=O)c1cc(C(=O)OC)c2c(NC(C)=O)cc(OC)c(OC)c2n1. The van der Waals surface area contributed by atoms with E-state index < -0.39 is 11.9 Å². The summed E-state index contributed by atoms with van der Waals surface area (Å²) in [6.45, 7) is 1.32. The molecular weight excluding hydrogens is 344 g/mol. The standard InChI is InChI=1S/C17H18N2O7/c1-8(20)18-10-7-12(23-2)15(24-3)14-13(10)9(16(21)25-4)6-11(19-14)17(22)26-5/h6-7H,1-5H3,(H,18,20).